The topological polar surface area (TPSA) is 101 Å². The monoisotopic (exact) mass is 449 g/mol. The molecule has 1 atom stereocenters. The van der Waals surface area contributed by atoms with Crippen molar-refractivity contribution < 1.29 is 27.6 Å². The van der Waals surface area contributed by atoms with E-state index in [-0.39, 0.29) is 24.4 Å². The van der Waals surface area contributed by atoms with Gasteiger partial charge in [-0.3, -0.25) is 14.4 Å². The maximum Gasteiger partial charge on any atom is 0.416 e. The van der Waals surface area contributed by atoms with Crippen molar-refractivity contribution in [2.24, 2.45) is 5.73 Å². The Morgan fingerprint density at radius 3 is 2.12 bits per heavy atom. The Morgan fingerprint density at radius 1 is 0.969 bits per heavy atom. The molecule has 172 valence electrons. The van der Waals surface area contributed by atoms with Crippen LogP contribution in [-0.2, 0) is 22.3 Å². The highest BCUT2D eigenvalue weighted by atomic mass is 19.4. The van der Waals surface area contributed by atoms with Crippen LogP contribution in [0.3, 0.4) is 0 Å². The van der Waals surface area contributed by atoms with Crippen LogP contribution in [0.1, 0.15) is 65.7 Å². The summed E-state index contributed by atoms with van der Waals surface area (Å²) in [6.07, 6.45) is -1.87. The zero-order valence-corrected chi connectivity index (χ0v) is 17.7. The van der Waals surface area contributed by atoms with Gasteiger partial charge in [-0.1, -0.05) is 44.0 Å². The second-order valence-electron chi connectivity index (χ2n) is 7.36. The number of benzene rings is 2. The first-order chi connectivity index (χ1) is 15.1. The van der Waals surface area contributed by atoms with Gasteiger partial charge < -0.3 is 16.4 Å². The molecular formula is C23H26F3N3O3. The molecule has 0 aliphatic heterocycles. The summed E-state index contributed by atoms with van der Waals surface area (Å²) >= 11 is 0. The summed E-state index contributed by atoms with van der Waals surface area (Å²) in [6, 6.07) is 9.26. The Hall–Kier alpha value is -3.36. The number of rotatable bonds is 10. The predicted octanol–water partition coefficient (Wildman–Crippen LogP) is 3.86. The van der Waals surface area contributed by atoms with Gasteiger partial charge in [0.1, 0.15) is 6.04 Å². The van der Waals surface area contributed by atoms with Gasteiger partial charge in [0.05, 0.1) is 5.56 Å². The zero-order chi connectivity index (χ0) is 23.7. The molecule has 2 aromatic rings. The van der Waals surface area contributed by atoms with E-state index < -0.39 is 29.6 Å². The zero-order valence-electron chi connectivity index (χ0n) is 17.7. The molecule has 3 amide bonds. The van der Waals surface area contributed by atoms with E-state index in [1.807, 2.05) is 6.92 Å². The van der Waals surface area contributed by atoms with Gasteiger partial charge in [0.15, 0.2) is 0 Å². The lowest BCUT2D eigenvalue weighted by Crippen LogP contribution is -2.40. The van der Waals surface area contributed by atoms with Crippen molar-refractivity contribution >= 4 is 17.7 Å². The summed E-state index contributed by atoms with van der Waals surface area (Å²) in [5.74, 6) is -1.49. The molecule has 0 saturated heterocycles. The number of primary amides is 1. The number of nitrogens with two attached hydrogens (primary N) is 1. The molecule has 0 unspecified atom stereocenters. The van der Waals surface area contributed by atoms with E-state index in [0.717, 1.165) is 25.0 Å². The van der Waals surface area contributed by atoms with Crippen LogP contribution in [0.15, 0.2) is 48.5 Å². The quantitative estimate of drug-likeness (QED) is 0.480. The van der Waals surface area contributed by atoms with E-state index in [9.17, 15) is 27.6 Å². The number of alkyl halides is 3. The molecule has 0 fully saturated rings. The molecule has 32 heavy (non-hydrogen) atoms. The summed E-state index contributed by atoms with van der Waals surface area (Å²) < 4.78 is 38.6. The van der Waals surface area contributed by atoms with Gasteiger partial charge in [0.25, 0.3) is 0 Å². The van der Waals surface area contributed by atoms with Crippen molar-refractivity contribution in [3.05, 3.63) is 70.8 Å². The molecule has 0 aliphatic rings. The van der Waals surface area contributed by atoms with Gasteiger partial charge in [-0.25, -0.2) is 0 Å². The number of halogens is 3. The van der Waals surface area contributed by atoms with E-state index in [2.05, 4.69) is 10.6 Å². The first kappa shape index (κ1) is 24.9. The largest absolute Gasteiger partial charge is 0.416 e. The van der Waals surface area contributed by atoms with Gasteiger partial charge in [-0.05, 0) is 41.8 Å². The third-order valence-corrected chi connectivity index (χ3v) is 4.85. The van der Waals surface area contributed by atoms with Crippen LogP contribution in [0.25, 0.3) is 0 Å². The van der Waals surface area contributed by atoms with Crippen molar-refractivity contribution in [2.45, 2.75) is 51.4 Å². The lowest BCUT2D eigenvalue weighted by Gasteiger charge is -2.20. The lowest BCUT2D eigenvalue weighted by molar-refractivity contribution is -0.137. The summed E-state index contributed by atoms with van der Waals surface area (Å²) in [5, 5.41) is 5.29. The van der Waals surface area contributed by atoms with Crippen LogP contribution in [0.5, 0.6) is 0 Å². The van der Waals surface area contributed by atoms with Gasteiger partial charge in [0.2, 0.25) is 17.7 Å². The van der Waals surface area contributed by atoms with E-state index in [1.165, 1.54) is 24.3 Å². The number of carbonyl (C=O) groups is 3. The van der Waals surface area contributed by atoms with Crippen LogP contribution in [-0.4, -0.2) is 17.7 Å². The fourth-order valence-electron chi connectivity index (χ4n) is 3.01. The SMILES string of the molecule is CCCCCC(=O)N[C@H](C(=O)NCc1ccc(C(N)=O)cc1)c1ccc(C(F)(F)F)cc1. The van der Waals surface area contributed by atoms with Crippen molar-refractivity contribution in [2.75, 3.05) is 0 Å². The highest BCUT2D eigenvalue weighted by molar-refractivity contribution is 5.92. The maximum atomic E-state index is 12.9. The standard InChI is InChI=1S/C23H26F3N3O3/c1-2-3-4-5-19(30)29-20(16-10-12-18(13-11-16)23(24,25)26)22(32)28-14-15-6-8-17(9-7-15)21(27)31/h6-13,20H,2-5,14H2,1H3,(H2,27,31)(H,28,32)(H,29,30)/t20-/m0/s1. The molecule has 0 spiro atoms. The number of amides is 3. The predicted molar refractivity (Wildman–Crippen MR) is 113 cm³/mol. The minimum Gasteiger partial charge on any atom is -0.366 e. The molecule has 0 aliphatic carbocycles. The average Bonchev–Trinajstić information content (AvgIpc) is 2.76. The highest BCUT2D eigenvalue weighted by Gasteiger charge is 2.31. The summed E-state index contributed by atoms with van der Waals surface area (Å²) in [5.41, 5.74) is 5.60. The Labute approximate surface area is 184 Å². The molecule has 4 N–H and O–H groups in total. The number of hydrogen-bond donors (Lipinski definition) is 3. The van der Waals surface area contributed by atoms with Gasteiger partial charge in [-0.2, -0.15) is 13.2 Å². The van der Waals surface area contributed by atoms with Crippen LogP contribution in [0.4, 0.5) is 13.2 Å². The van der Waals surface area contributed by atoms with Crippen LogP contribution in [0, 0.1) is 0 Å². The van der Waals surface area contributed by atoms with Crippen molar-refractivity contribution in [3.8, 4) is 0 Å². The summed E-state index contributed by atoms with van der Waals surface area (Å²) in [4.78, 5) is 36.3. The second-order valence-corrected chi connectivity index (χ2v) is 7.36. The van der Waals surface area contributed by atoms with Crippen molar-refractivity contribution in [3.63, 3.8) is 0 Å². The summed E-state index contributed by atoms with van der Waals surface area (Å²) in [7, 11) is 0. The molecule has 2 rings (SSSR count). The second kappa shape index (κ2) is 11.3. The molecule has 2 aromatic carbocycles. The smallest absolute Gasteiger partial charge is 0.366 e. The van der Waals surface area contributed by atoms with Gasteiger partial charge >= 0.3 is 6.18 Å². The minimum absolute atomic E-state index is 0.0979. The van der Waals surface area contributed by atoms with Crippen LogP contribution >= 0.6 is 0 Å². The lowest BCUT2D eigenvalue weighted by atomic mass is 10.0. The number of hydrogen-bond acceptors (Lipinski definition) is 3. The molecule has 0 saturated carbocycles. The van der Waals surface area contributed by atoms with E-state index >= 15 is 0 Å². The number of nitrogens with one attached hydrogen (secondary N) is 2. The first-order valence-corrected chi connectivity index (χ1v) is 10.2. The van der Waals surface area contributed by atoms with E-state index in [1.54, 1.807) is 12.1 Å². The first-order valence-electron chi connectivity index (χ1n) is 10.2. The average molecular weight is 449 g/mol. The molecule has 0 radical (unpaired) electrons. The maximum absolute atomic E-state index is 12.9. The molecule has 0 bridgehead atoms. The molecule has 9 heteroatoms. The fourth-order valence-corrected chi connectivity index (χ4v) is 3.01. The van der Waals surface area contributed by atoms with E-state index in [4.69, 9.17) is 5.73 Å². The third-order valence-electron chi connectivity index (χ3n) is 4.85. The third kappa shape index (κ3) is 7.40. The molecule has 0 aromatic heterocycles. The van der Waals surface area contributed by atoms with Crippen molar-refractivity contribution in [1.82, 2.24) is 10.6 Å². The fraction of sp³-hybridized carbons (Fsp3) is 0.348. The normalized spacial score (nSPS) is 12.1. The van der Waals surface area contributed by atoms with Gasteiger partial charge in [0, 0.05) is 18.5 Å². The highest BCUT2D eigenvalue weighted by Crippen LogP contribution is 2.30. The molecular weight excluding hydrogens is 423 g/mol. The van der Waals surface area contributed by atoms with E-state index in [0.29, 0.717) is 17.5 Å². The molecule has 0 heterocycles. The van der Waals surface area contributed by atoms with Crippen LogP contribution < -0.4 is 16.4 Å². The van der Waals surface area contributed by atoms with Gasteiger partial charge in [-0.15, -0.1) is 0 Å². The van der Waals surface area contributed by atoms with Crippen molar-refractivity contribution in [1.29, 1.82) is 0 Å². The number of carbonyl (C=O) groups excluding carboxylic acids is 3. The summed E-state index contributed by atoms with van der Waals surface area (Å²) in [6.45, 7) is 2.09. The Bertz CT molecular complexity index is 926. The minimum atomic E-state index is -4.50. The Balaban J connectivity index is 2.14. The number of unbranched alkanes of at least 4 members (excludes halogenated alkanes) is 2. The van der Waals surface area contributed by atoms with Crippen LogP contribution in [0.2, 0.25) is 0 Å². The molecule has 6 nitrogen and oxygen atoms in total. The Morgan fingerprint density at radius 2 is 1.59 bits per heavy atom. The Kier molecular flexibility index (Phi) is 8.80.